The van der Waals surface area contributed by atoms with Crippen LogP contribution in [-0.2, 0) is 9.59 Å². The van der Waals surface area contributed by atoms with E-state index in [1.54, 1.807) is 0 Å². The Morgan fingerprint density at radius 2 is 1.08 bits per heavy atom. The molecule has 0 rings (SSSR count). The highest BCUT2D eigenvalue weighted by atomic mass is 16.4. The van der Waals surface area contributed by atoms with Crippen LogP contribution in [0.1, 0.15) is 0 Å². The Balaban J connectivity index is 3.78. The fourth-order valence-electron chi connectivity index (χ4n) is 0.397. The van der Waals surface area contributed by atoms with Gasteiger partial charge in [0, 0.05) is 0 Å². The van der Waals surface area contributed by atoms with E-state index in [9.17, 15) is 19.8 Å². The number of rotatable bonds is 4. The molecular weight excluding hydrogens is 160 g/mol. The number of hydrogen-bond acceptors (Lipinski definition) is 4. The lowest BCUT2D eigenvalue weighted by Gasteiger charge is -1.86. The van der Waals surface area contributed by atoms with E-state index in [4.69, 9.17) is 0 Å². The molecule has 0 radical (unpaired) electrons. The van der Waals surface area contributed by atoms with E-state index in [0.29, 0.717) is 0 Å². The van der Waals surface area contributed by atoms with Crippen molar-refractivity contribution in [1.29, 1.82) is 0 Å². The highest BCUT2D eigenvalue weighted by Gasteiger charge is 1.68. The van der Waals surface area contributed by atoms with Crippen molar-refractivity contribution >= 4 is 11.9 Å². The molecule has 0 heterocycles. The van der Waals surface area contributed by atoms with Crippen LogP contribution in [0.3, 0.4) is 0 Å². The summed E-state index contributed by atoms with van der Waals surface area (Å²) >= 11 is 0. The quantitative estimate of drug-likeness (QED) is 0.363. The van der Waals surface area contributed by atoms with Crippen molar-refractivity contribution < 1.29 is 19.8 Å². The van der Waals surface area contributed by atoms with Crippen molar-refractivity contribution in [3.8, 4) is 0 Å². The summed E-state index contributed by atoms with van der Waals surface area (Å²) in [5.74, 6) is -2.60. The van der Waals surface area contributed by atoms with Crippen LogP contribution in [0, 0.1) is 0 Å². The van der Waals surface area contributed by atoms with E-state index < -0.39 is 11.9 Å². The average Bonchev–Trinajstić information content (AvgIpc) is 1.95. The SMILES string of the molecule is O=C([O-])/C=C/C=C/C=C/C(=O)[O-]. The zero-order valence-electron chi connectivity index (χ0n) is 6.10. The molecule has 0 aromatic rings. The molecule has 0 saturated carbocycles. The van der Waals surface area contributed by atoms with E-state index in [1.807, 2.05) is 0 Å². The molecule has 0 bridgehead atoms. The topological polar surface area (TPSA) is 80.3 Å². The third-order valence-electron chi connectivity index (χ3n) is 0.798. The third-order valence-corrected chi connectivity index (χ3v) is 0.798. The molecule has 0 N–H and O–H groups in total. The lowest BCUT2D eigenvalue weighted by molar-refractivity contribution is -0.298. The van der Waals surface area contributed by atoms with Gasteiger partial charge in [0.2, 0.25) is 0 Å². The van der Waals surface area contributed by atoms with Gasteiger partial charge in [-0.15, -0.1) is 0 Å². The molecule has 0 aromatic heterocycles. The van der Waals surface area contributed by atoms with Crippen LogP contribution in [0.25, 0.3) is 0 Å². The summed E-state index contributed by atoms with van der Waals surface area (Å²) in [4.78, 5) is 19.6. The number of hydrogen-bond donors (Lipinski definition) is 0. The predicted octanol–water partition coefficient (Wildman–Crippen LogP) is -1.85. The van der Waals surface area contributed by atoms with Gasteiger partial charge in [-0.2, -0.15) is 0 Å². The molecule has 64 valence electrons. The second kappa shape index (κ2) is 5.91. The first kappa shape index (κ1) is 10.2. The van der Waals surface area contributed by atoms with Gasteiger partial charge in [0.15, 0.2) is 0 Å². The van der Waals surface area contributed by atoms with Gasteiger partial charge in [-0.25, -0.2) is 0 Å². The van der Waals surface area contributed by atoms with Crippen LogP contribution in [0.15, 0.2) is 36.5 Å². The summed E-state index contributed by atoms with van der Waals surface area (Å²) in [6, 6.07) is 0. The van der Waals surface area contributed by atoms with Crippen molar-refractivity contribution in [3.63, 3.8) is 0 Å². The smallest absolute Gasteiger partial charge is 0.0642 e. The van der Waals surface area contributed by atoms with E-state index in [1.165, 1.54) is 24.3 Å². The van der Waals surface area contributed by atoms with Gasteiger partial charge >= 0.3 is 0 Å². The van der Waals surface area contributed by atoms with Crippen molar-refractivity contribution in [1.82, 2.24) is 0 Å². The normalized spacial score (nSPS) is 11.7. The fourth-order valence-corrected chi connectivity index (χ4v) is 0.397. The molecule has 0 fully saturated rings. The van der Waals surface area contributed by atoms with Gasteiger partial charge in [-0.1, -0.05) is 24.3 Å². The minimum absolute atomic E-state index is 0.823. The molecular formula is C8H6O4-2. The lowest BCUT2D eigenvalue weighted by Crippen LogP contribution is -2.18. The first-order valence-electron chi connectivity index (χ1n) is 3.06. The van der Waals surface area contributed by atoms with Gasteiger partial charge in [0.25, 0.3) is 0 Å². The number of allylic oxidation sites excluding steroid dienone is 4. The molecule has 0 unspecified atom stereocenters. The Bertz CT molecular complexity index is 222. The number of aliphatic carboxylic acids is 2. The minimum atomic E-state index is -1.30. The summed E-state index contributed by atoms with van der Waals surface area (Å²) in [5, 5.41) is 19.6. The maximum atomic E-state index is 9.79. The molecule has 0 atom stereocenters. The van der Waals surface area contributed by atoms with Gasteiger partial charge in [-0.05, 0) is 12.2 Å². The molecule has 0 aliphatic rings. The van der Waals surface area contributed by atoms with Gasteiger partial charge in [0.1, 0.15) is 0 Å². The summed E-state index contributed by atoms with van der Waals surface area (Å²) in [5.41, 5.74) is 0. The minimum Gasteiger partial charge on any atom is -0.545 e. The second-order valence-corrected chi connectivity index (χ2v) is 1.74. The van der Waals surface area contributed by atoms with E-state index in [0.717, 1.165) is 12.2 Å². The average molecular weight is 166 g/mol. The number of carbonyl (C=O) groups excluding carboxylic acids is 2. The molecule has 0 aliphatic heterocycles. The van der Waals surface area contributed by atoms with Crippen molar-refractivity contribution in [2.75, 3.05) is 0 Å². The Morgan fingerprint density at radius 3 is 1.33 bits per heavy atom. The number of carboxylic acid groups (broad SMARTS) is 2. The van der Waals surface area contributed by atoms with Crippen LogP contribution in [0.2, 0.25) is 0 Å². The monoisotopic (exact) mass is 166 g/mol. The van der Waals surface area contributed by atoms with E-state index in [2.05, 4.69) is 0 Å². The lowest BCUT2D eigenvalue weighted by atomic mass is 10.4. The highest BCUT2D eigenvalue weighted by molar-refractivity contribution is 5.78. The maximum absolute atomic E-state index is 9.79. The van der Waals surface area contributed by atoms with Crippen LogP contribution in [-0.4, -0.2) is 11.9 Å². The summed E-state index contributed by atoms with van der Waals surface area (Å²) in [6.07, 6.45) is 6.79. The zero-order valence-corrected chi connectivity index (χ0v) is 6.10. The predicted molar refractivity (Wildman–Crippen MR) is 37.4 cm³/mol. The molecule has 12 heavy (non-hydrogen) atoms. The molecule has 0 aromatic carbocycles. The molecule has 4 heteroatoms. The molecule has 0 spiro atoms. The largest absolute Gasteiger partial charge is 0.545 e. The molecule has 0 saturated heterocycles. The third kappa shape index (κ3) is 8.16. The van der Waals surface area contributed by atoms with Crippen LogP contribution < -0.4 is 10.2 Å². The first-order chi connectivity index (χ1) is 5.63. The molecule has 0 aliphatic carbocycles. The van der Waals surface area contributed by atoms with Crippen molar-refractivity contribution in [2.24, 2.45) is 0 Å². The molecule has 4 nitrogen and oxygen atoms in total. The van der Waals surface area contributed by atoms with E-state index in [-0.39, 0.29) is 0 Å². The number of carboxylic acids is 2. The fraction of sp³-hybridized carbons (Fsp3) is 0. The Kier molecular flexibility index (Phi) is 5.00. The van der Waals surface area contributed by atoms with Gasteiger partial charge < -0.3 is 19.8 Å². The van der Waals surface area contributed by atoms with Crippen LogP contribution in [0.5, 0.6) is 0 Å². The second-order valence-electron chi connectivity index (χ2n) is 1.74. The Morgan fingerprint density at radius 1 is 0.750 bits per heavy atom. The molecule has 0 amide bonds. The maximum Gasteiger partial charge on any atom is 0.0642 e. The summed E-state index contributed by atoms with van der Waals surface area (Å²) in [7, 11) is 0. The standard InChI is InChI=1S/C8H8O4/c9-7(10)5-3-1-2-4-6-8(11)12/h1-6H,(H,9,10)(H,11,12)/p-2/b2-1+,5-3+,6-4+. The van der Waals surface area contributed by atoms with E-state index >= 15 is 0 Å². The zero-order chi connectivity index (χ0) is 9.40. The van der Waals surface area contributed by atoms with Crippen LogP contribution >= 0.6 is 0 Å². The summed E-state index contributed by atoms with van der Waals surface area (Å²) in [6.45, 7) is 0. The van der Waals surface area contributed by atoms with Crippen molar-refractivity contribution in [2.45, 2.75) is 0 Å². The van der Waals surface area contributed by atoms with Gasteiger partial charge in [0.05, 0.1) is 11.9 Å². The Hall–Kier alpha value is -1.84. The van der Waals surface area contributed by atoms with Crippen LogP contribution in [0.4, 0.5) is 0 Å². The van der Waals surface area contributed by atoms with Gasteiger partial charge in [-0.3, -0.25) is 0 Å². The first-order valence-corrected chi connectivity index (χ1v) is 3.06. The van der Waals surface area contributed by atoms with Crippen molar-refractivity contribution in [3.05, 3.63) is 36.5 Å². The number of carbonyl (C=O) groups is 2. The summed E-state index contributed by atoms with van der Waals surface area (Å²) < 4.78 is 0. The highest BCUT2D eigenvalue weighted by Crippen LogP contribution is 1.78. The Labute approximate surface area is 69.1 Å².